The second-order valence-corrected chi connectivity index (χ2v) is 6.24. The fourth-order valence-corrected chi connectivity index (χ4v) is 3.61. The summed E-state index contributed by atoms with van der Waals surface area (Å²) in [6.45, 7) is 1.80. The maximum atomic E-state index is 6.07. The first-order valence-electron chi connectivity index (χ1n) is 7.97. The summed E-state index contributed by atoms with van der Waals surface area (Å²) < 4.78 is 0. The average Bonchev–Trinajstić information content (AvgIpc) is 2.86. The molecule has 1 aromatic carbocycles. The van der Waals surface area contributed by atoms with Gasteiger partial charge in [0, 0.05) is 30.3 Å². The number of benzene rings is 1. The first-order valence-corrected chi connectivity index (χ1v) is 7.97. The molecule has 0 spiro atoms. The lowest BCUT2D eigenvalue weighted by atomic mass is 10.0. The topological polar surface area (TPSA) is 81.1 Å². The SMILES string of the molecule is Nc1nc2c(c(N3CC[C@@H](N)C3)n1)CCCc1ccccc1-2. The maximum Gasteiger partial charge on any atom is 0.222 e. The number of nitrogens with zero attached hydrogens (tertiary/aromatic N) is 3. The Kier molecular flexibility index (Phi) is 3.22. The van der Waals surface area contributed by atoms with Gasteiger partial charge in [-0.1, -0.05) is 24.3 Å². The van der Waals surface area contributed by atoms with Crippen molar-refractivity contribution in [3.63, 3.8) is 0 Å². The van der Waals surface area contributed by atoms with E-state index in [1.807, 2.05) is 0 Å². The first kappa shape index (κ1) is 13.5. The predicted octanol–water partition coefficient (Wildman–Crippen LogP) is 1.75. The van der Waals surface area contributed by atoms with E-state index in [0.717, 1.165) is 50.3 Å². The molecule has 1 fully saturated rings. The molecule has 1 aromatic heterocycles. The molecule has 1 atom stereocenters. The van der Waals surface area contributed by atoms with E-state index in [0.29, 0.717) is 5.95 Å². The molecule has 4 rings (SSSR count). The van der Waals surface area contributed by atoms with Gasteiger partial charge in [-0.2, -0.15) is 4.98 Å². The molecule has 0 saturated carbocycles. The molecule has 22 heavy (non-hydrogen) atoms. The Balaban J connectivity index is 1.89. The Morgan fingerprint density at radius 2 is 2.00 bits per heavy atom. The van der Waals surface area contributed by atoms with E-state index in [4.69, 9.17) is 11.5 Å². The van der Waals surface area contributed by atoms with Crippen molar-refractivity contribution in [2.45, 2.75) is 31.7 Å². The van der Waals surface area contributed by atoms with Gasteiger partial charge in [0.25, 0.3) is 0 Å². The van der Waals surface area contributed by atoms with E-state index in [1.165, 1.54) is 16.7 Å². The van der Waals surface area contributed by atoms with E-state index in [1.54, 1.807) is 0 Å². The number of hydrogen-bond donors (Lipinski definition) is 2. The lowest BCUT2D eigenvalue weighted by Crippen LogP contribution is -2.28. The Morgan fingerprint density at radius 3 is 2.82 bits per heavy atom. The first-order chi connectivity index (χ1) is 10.7. The maximum absolute atomic E-state index is 6.07. The van der Waals surface area contributed by atoms with Crippen LogP contribution in [0.2, 0.25) is 0 Å². The van der Waals surface area contributed by atoms with Gasteiger partial charge in [0.15, 0.2) is 0 Å². The second kappa shape index (κ2) is 5.25. The molecule has 1 aliphatic heterocycles. The van der Waals surface area contributed by atoms with E-state index >= 15 is 0 Å². The van der Waals surface area contributed by atoms with Gasteiger partial charge in [-0.05, 0) is 31.2 Å². The third kappa shape index (κ3) is 2.22. The molecule has 2 aromatic rings. The molecule has 0 unspecified atom stereocenters. The summed E-state index contributed by atoms with van der Waals surface area (Å²) in [7, 11) is 0. The molecule has 0 amide bonds. The number of nitrogen functional groups attached to an aromatic ring is 1. The van der Waals surface area contributed by atoms with Crippen LogP contribution in [0.25, 0.3) is 11.3 Å². The number of fused-ring (bicyclic) bond motifs is 3. The molecule has 1 saturated heterocycles. The van der Waals surface area contributed by atoms with Gasteiger partial charge in [0.2, 0.25) is 5.95 Å². The Morgan fingerprint density at radius 1 is 1.14 bits per heavy atom. The van der Waals surface area contributed by atoms with Crippen LogP contribution in [-0.2, 0) is 12.8 Å². The zero-order chi connectivity index (χ0) is 15.1. The molecule has 5 nitrogen and oxygen atoms in total. The number of rotatable bonds is 1. The van der Waals surface area contributed by atoms with E-state index in [9.17, 15) is 0 Å². The van der Waals surface area contributed by atoms with Gasteiger partial charge in [-0.25, -0.2) is 4.98 Å². The summed E-state index contributed by atoms with van der Waals surface area (Å²) in [4.78, 5) is 11.4. The third-order valence-corrected chi connectivity index (χ3v) is 4.67. The molecule has 2 aliphatic rings. The minimum Gasteiger partial charge on any atom is -0.368 e. The van der Waals surface area contributed by atoms with E-state index in [-0.39, 0.29) is 6.04 Å². The summed E-state index contributed by atoms with van der Waals surface area (Å²) >= 11 is 0. The number of hydrogen-bond acceptors (Lipinski definition) is 5. The number of aromatic nitrogens is 2. The monoisotopic (exact) mass is 295 g/mol. The summed E-state index contributed by atoms with van der Waals surface area (Å²) in [5.74, 6) is 1.35. The minimum atomic E-state index is 0.227. The van der Waals surface area contributed by atoms with Crippen molar-refractivity contribution in [3.8, 4) is 11.3 Å². The van der Waals surface area contributed by atoms with Crippen molar-refractivity contribution >= 4 is 11.8 Å². The van der Waals surface area contributed by atoms with Crippen LogP contribution in [0.15, 0.2) is 24.3 Å². The van der Waals surface area contributed by atoms with Crippen molar-refractivity contribution < 1.29 is 0 Å². The number of anilines is 2. The number of aryl methyl sites for hydroxylation is 1. The van der Waals surface area contributed by atoms with Crippen molar-refractivity contribution in [2.24, 2.45) is 5.73 Å². The van der Waals surface area contributed by atoms with Gasteiger partial charge in [0.05, 0.1) is 5.69 Å². The molecular weight excluding hydrogens is 274 g/mol. The van der Waals surface area contributed by atoms with Crippen LogP contribution in [0.1, 0.15) is 24.0 Å². The van der Waals surface area contributed by atoms with Gasteiger partial charge in [-0.3, -0.25) is 0 Å². The summed E-state index contributed by atoms with van der Waals surface area (Å²) in [5, 5.41) is 0. The highest BCUT2D eigenvalue weighted by molar-refractivity contribution is 5.74. The van der Waals surface area contributed by atoms with Crippen LogP contribution in [0.4, 0.5) is 11.8 Å². The van der Waals surface area contributed by atoms with Gasteiger partial charge in [-0.15, -0.1) is 0 Å². The second-order valence-electron chi connectivity index (χ2n) is 6.24. The quantitative estimate of drug-likeness (QED) is 0.837. The van der Waals surface area contributed by atoms with Crippen LogP contribution < -0.4 is 16.4 Å². The van der Waals surface area contributed by atoms with Crippen LogP contribution >= 0.6 is 0 Å². The molecular formula is C17H21N5. The average molecular weight is 295 g/mol. The molecule has 5 heteroatoms. The van der Waals surface area contributed by atoms with Crippen molar-refractivity contribution in [1.29, 1.82) is 0 Å². The summed E-state index contributed by atoms with van der Waals surface area (Å²) in [6, 6.07) is 8.72. The molecule has 1 aliphatic carbocycles. The fraction of sp³-hybridized carbons (Fsp3) is 0.412. The normalized spacial score (nSPS) is 20.4. The standard InChI is InChI=1S/C17H21N5/c18-12-8-9-22(10-12)16-14-7-3-5-11-4-1-2-6-13(11)15(14)20-17(19)21-16/h1-2,4,6,12H,3,5,7-10,18H2,(H2,19,20,21)/t12-/m1/s1. The van der Waals surface area contributed by atoms with Crippen LogP contribution in [0.5, 0.6) is 0 Å². The molecule has 114 valence electrons. The highest BCUT2D eigenvalue weighted by Crippen LogP contribution is 2.36. The predicted molar refractivity (Wildman–Crippen MR) is 88.7 cm³/mol. The van der Waals surface area contributed by atoms with Gasteiger partial charge < -0.3 is 16.4 Å². The molecule has 4 N–H and O–H groups in total. The van der Waals surface area contributed by atoms with Gasteiger partial charge >= 0.3 is 0 Å². The van der Waals surface area contributed by atoms with Crippen LogP contribution in [-0.4, -0.2) is 29.1 Å². The zero-order valence-corrected chi connectivity index (χ0v) is 12.6. The van der Waals surface area contributed by atoms with E-state index < -0.39 is 0 Å². The lowest BCUT2D eigenvalue weighted by molar-refractivity contribution is 0.750. The number of nitrogens with two attached hydrogens (primary N) is 2. The van der Waals surface area contributed by atoms with Crippen molar-refractivity contribution in [3.05, 3.63) is 35.4 Å². The molecule has 0 bridgehead atoms. The van der Waals surface area contributed by atoms with Crippen LogP contribution in [0, 0.1) is 0 Å². The minimum absolute atomic E-state index is 0.227. The summed E-state index contributed by atoms with van der Waals surface area (Å²) in [5.41, 5.74) is 16.9. The van der Waals surface area contributed by atoms with Crippen LogP contribution in [0.3, 0.4) is 0 Å². The fourth-order valence-electron chi connectivity index (χ4n) is 3.61. The Hall–Kier alpha value is -2.14. The zero-order valence-electron chi connectivity index (χ0n) is 12.6. The van der Waals surface area contributed by atoms with Crippen molar-refractivity contribution in [2.75, 3.05) is 23.7 Å². The largest absolute Gasteiger partial charge is 0.368 e. The Labute approximate surface area is 130 Å². The highest BCUT2D eigenvalue weighted by Gasteiger charge is 2.27. The molecule has 2 heterocycles. The summed E-state index contributed by atoms with van der Waals surface area (Å²) in [6.07, 6.45) is 4.19. The van der Waals surface area contributed by atoms with Crippen molar-refractivity contribution in [1.82, 2.24) is 9.97 Å². The van der Waals surface area contributed by atoms with E-state index in [2.05, 4.69) is 39.1 Å². The smallest absolute Gasteiger partial charge is 0.222 e. The third-order valence-electron chi connectivity index (χ3n) is 4.67. The highest BCUT2D eigenvalue weighted by atomic mass is 15.2. The van der Waals surface area contributed by atoms with Gasteiger partial charge in [0.1, 0.15) is 5.82 Å². The molecule has 0 radical (unpaired) electrons. The Bertz CT molecular complexity index is 712. The lowest BCUT2D eigenvalue weighted by Gasteiger charge is -2.22.